The van der Waals surface area contributed by atoms with E-state index in [2.05, 4.69) is 0 Å². The van der Waals surface area contributed by atoms with Gasteiger partial charge < -0.3 is 14.2 Å². The maximum Gasteiger partial charge on any atom is 0.308 e. The summed E-state index contributed by atoms with van der Waals surface area (Å²) in [4.78, 5) is 76.9. The highest BCUT2D eigenvalue weighted by Crippen LogP contribution is 2.70. The van der Waals surface area contributed by atoms with E-state index in [1.807, 2.05) is 0 Å². The van der Waals surface area contributed by atoms with E-state index >= 15 is 4.39 Å². The third-order valence-electron chi connectivity index (χ3n) is 9.46. The van der Waals surface area contributed by atoms with Crippen molar-refractivity contribution in [3.05, 3.63) is 35.6 Å². The van der Waals surface area contributed by atoms with Gasteiger partial charge in [-0.15, -0.1) is 0 Å². The van der Waals surface area contributed by atoms with Crippen molar-refractivity contribution >= 4 is 35.3 Å². The van der Waals surface area contributed by atoms with E-state index in [4.69, 9.17) is 14.2 Å². The zero-order valence-corrected chi connectivity index (χ0v) is 23.6. The van der Waals surface area contributed by atoms with Gasteiger partial charge in [0.05, 0.1) is 5.41 Å². The third kappa shape index (κ3) is 3.93. The molecule has 0 N–H and O–H groups in total. The number of ether oxygens (including phenoxy) is 3. The zero-order chi connectivity index (χ0) is 29.8. The molecule has 0 aromatic heterocycles. The average Bonchev–Trinajstić information content (AvgIpc) is 3.11. The van der Waals surface area contributed by atoms with Crippen LogP contribution in [0.25, 0.3) is 0 Å². The summed E-state index contributed by atoms with van der Waals surface area (Å²) in [5, 5.41) is 0. The van der Waals surface area contributed by atoms with E-state index in [0.29, 0.717) is 0 Å². The van der Waals surface area contributed by atoms with Crippen LogP contribution in [0, 0.1) is 28.6 Å². The van der Waals surface area contributed by atoms with Gasteiger partial charge in [0.1, 0.15) is 5.76 Å². The van der Waals surface area contributed by atoms with Gasteiger partial charge in [0.25, 0.3) is 0 Å². The first-order chi connectivity index (χ1) is 18.6. The summed E-state index contributed by atoms with van der Waals surface area (Å²) in [6, 6.07) is 0. The predicted octanol–water partition coefficient (Wildman–Crippen LogP) is 3.69. The molecule has 0 radical (unpaired) electrons. The molecule has 0 heterocycles. The first kappa shape index (κ1) is 29.6. The van der Waals surface area contributed by atoms with Crippen LogP contribution in [0.5, 0.6) is 0 Å². The van der Waals surface area contributed by atoms with Crippen LogP contribution in [-0.2, 0) is 43.0 Å². The lowest BCUT2D eigenvalue weighted by atomic mass is 9.46. The molecule has 0 bridgehead atoms. The lowest BCUT2D eigenvalue weighted by Crippen LogP contribution is -2.68. The number of esters is 3. The number of ketones is 3. The second-order valence-electron chi connectivity index (χ2n) is 11.6. The maximum absolute atomic E-state index is 17.6. The summed E-state index contributed by atoms with van der Waals surface area (Å²) >= 11 is 0. The predicted molar refractivity (Wildman–Crippen MR) is 138 cm³/mol. The van der Waals surface area contributed by atoms with Gasteiger partial charge in [0.15, 0.2) is 29.4 Å². The Morgan fingerprint density at radius 2 is 1.73 bits per heavy atom. The standard InChI is InChI=1S/C30H35FO9/c1-7-25(36)38-15-24(35)30(40-26(37)8-2)16(3)11-19-20-13-22(39-17(4)32)21-12-18(33)9-10-27(21,5)29(20,31)23(34)14-28(19,30)6/h9-10,12-13,16,19-20H,7-8,11,14-15H2,1-6H3/t16-,19-,20-,27-,28-,29-,30+/m0/s1. The molecule has 2 fully saturated rings. The SMILES string of the molecule is CCC(=O)OCC(=O)[C@]1(OC(=O)CC)[C@@H](C)C[C@H]2[C@@H]3C=C(OC(C)=O)C4=CC(=O)C=C[C@]4(C)[C@@]3(F)C(=O)C[C@@]21C. The Bertz CT molecular complexity index is 1290. The van der Waals surface area contributed by atoms with Crippen LogP contribution in [0.3, 0.4) is 0 Å². The van der Waals surface area contributed by atoms with E-state index in [1.165, 1.54) is 38.2 Å². The number of allylic oxidation sites excluding steroid dienone is 5. The molecule has 0 aliphatic heterocycles. The smallest absolute Gasteiger partial charge is 0.308 e. The molecule has 40 heavy (non-hydrogen) atoms. The summed E-state index contributed by atoms with van der Waals surface area (Å²) in [7, 11) is 0. The number of hydrogen-bond acceptors (Lipinski definition) is 9. The second-order valence-corrected chi connectivity index (χ2v) is 11.6. The largest absolute Gasteiger partial charge is 0.457 e. The van der Waals surface area contributed by atoms with Crippen LogP contribution in [-0.4, -0.2) is 53.1 Å². The van der Waals surface area contributed by atoms with Gasteiger partial charge in [-0.2, -0.15) is 0 Å². The van der Waals surface area contributed by atoms with Crippen LogP contribution in [0.2, 0.25) is 0 Å². The van der Waals surface area contributed by atoms with Gasteiger partial charge in [-0.25, -0.2) is 4.39 Å². The number of Topliss-reactive ketones (excluding diaryl/α,β-unsaturated/α-hetero) is 2. The number of alkyl halides is 1. The maximum atomic E-state index is 17.6. The lowest BCUT2D eigenvalue weighted by Gasteiger charge is -2.58. The van der Waals surface area contributed by atoms with E-state index in [0.717, 1.165) is 0 Å². The minimum Gasteiger partial charge on any atom is -0.457 e. The summed E-state index contributed by atoms with van der Waals surface area (Å²) < 4.78 is 34.1. The highest BCUT2D eigenvalue weighted by atomic mass is 19.1. The molecule has 0 spiro atoms. The summed E-state index contributed by atoms with van der Waals surface area (Å²) in [6.07, 6.45) is 4.79. The van der Waals surface area contributed by atoms with Crippen molar-refractivity contribution in [1.82, 2.24) is 0 Å². The molecule has 9 nitrogen and oxygen atoms in total. The van der Waals surface area contributed by atoms with Crippen LogP contribution < -0.4 is 0 Å². The zero-order valence-electron chi connectivity index (χ0n) is 23.6. The summed E-state index contributed by atoms with van der Waals surface area (Å²) in [5.41, 5.74) is -7.36. The van der Waals surface area contributed by atoms with Crippen molar-refractivity contribution in [2.24, 2.45) is 28.6 Å². The Kier molecular flexibility index (Phi) is 7.30. The number of carbonyl (C=O) groups excluding carboxylic acids is 6. The van der Waals surface area contributed by atoms with Gasteiger partial charge in [0, 0.05) is 49.0 Å². The fraction of sp³-hybridized carbons (Fsp3) is 0.600. The van der Waals surface area contributed by atoms with Crippen molar-refractivity contribution in [3.63, 3.8) is 0 Å². The number of carbonyl (C=O) groups is 6. The molecule has 0 aromatic carbocycles. The first-order valence-electron chi connectivity index (χ1n) is 13.6. The Morgan fingerprint density at radius 1 is 1.07 bits per heavy atom. The Balaban J connectivity index is 1.92. The van der Waals surface area contributed by atoms with E-state index in [1.54, 1.807) is 27.7 Å². The number of rotatable bonds is 7. The fourth-order valence-electron chi connectivity index (χ4n) is 7.54. The Labute approximate surface area is 232 Å². The molecule has 0 saturated heterocycles. The van der Waals surface area contributed by atoms with Crippen LogP contribution in [0.15, 0.2) is 35.6 Å². The van der Waals surface area contributed by atoms with Gasteiger partial charge >= 0.3 is 17.9 Å². The van der Waals surface area contributed by atoms with Crippen molar-refractivity contribution < 1.29 is 47.4 Å². The molecule has 4 aliphatic carbocycles. The van der Waals surface area contributed by atoms with E-state index in [9.17, 15) is 28.8 Å². The molecule has 4 aliphatic rings. The molecule has 4 rings (SSSR count). The average molecular weight is 559 g/mol. The number of halogens is 1. The molecular weight excluding hydrogens is 523 g/mol. The molecule has 0 unspecified atom stereocenters. The van der Waals surface area contributed by atoms with Gasteiger partial charge in [0.2, 0.25) is 5.78 Å². The van der Waals surface area contributed by atoms with Gasteiger partial charge in [-0.3, -0.25) is 28.8 Å². The van der Waals surface area contributed by atoms with Crippen LogP contribution in [0.1, 0.15) is 67.2 Å². The van der Waals surface area contributed by atoms with Crippen LogP contribution in [0.4, 0.5) is 4.39 Å². The molecule has 216 valence electrons. The quantitative estimate of drug-likeness (QED) is 0.339. The van der Waals surface area contributed by atoms with Crippen molar-refractivity contribution in [2.45, 2.75) is 78.5 Å². The molecule has 7 atom stereocenters. The second kappa shape index (κ2) is 9.89. The first-order valence-corrected chi connectivity index (χ1v) is 13.6. The number of fused-ring (bicyclic) bond motifs is 5. The normalized spacial score (nSPS) is 37.8. The third-order valence-corrected chi connectivity index (χ3v) is 9.46. The number of hydrogen-bond donors (Lipinski definition) is 0. The summed E-state index contributed by atoms with van der Waals surface area (Å²) in [6.45, 7) is 8.47. The lowest BCUT2D eigenvalue weighted by molar-refractivity contribution is -0.201. The fourth-order valence-corrected chi connectivity index (χ4v) is 7.54. The van der Waals surface area contributed by atoms with E-state index < -0.39 is 88.1 Å². The molecule has 2 saturated carbocycles. The van der Waals surface area contributed by atoms with Crippen molar-refractivity contribution in [3.8, 4) is 0 Å². The van der Waals surface area contributed by atoms with Gasteiger partial charge in [-0.05, 0) is 37.5 Å². The Morgan fingerprint density at radius 3 is 2.33 bits per heavy atom. The molecular formula is C30H35FO9. The minimum atomic E-state index is -2.55. The Hall–Kier alpha value is -3.43. The topological polar surface area (TPSA) is 130 Å². The van der Waals surface area contributed by atoms with Crippen molar-refractivity contribution in [2.75, 3.05) is 6.61 Å². The van der Waals surface area contributed by atoms with Gasteiger partial charge in [-0.1, -0.05) is 33.8 Å². The monoisotopic (exact) mass is 558 g/mol. The van der Waals surface area contributed by atoms with E-state index in [-0.39, 0.29) is 30.6 Å². The van der Waals surface area contributed by atoms with Crippen molar-refractivity contribution in [1.29, 1.82) is 0 Å². The highest BCUT2D eigenvalue weighted by molar-refractivity contribution is 6.04. The molecule has 10 heteroatoms. The molecule has 0 aromatic rings. The molecule has 0 amide bonds. The highest BCUT2D eigenvalue weighted by Gasteiger charge is 2.77. The summed E-state index contributed by atoms with van der Waals surface area (Å²) in [5.74, 6) is -6.54. The minimum absolute atomic E-state index is 0.0260. The van der Waals surface area contributed by atoms with Crippen LogP contribution >= 0.6 is 0 Å².